The van der Waals surface area contributed by atoms with Gasteiger partial charge < -0.3 is 20.1 Å². The van der Waals surface area contributed by atoms with Crippen LogP contribution < -0.4 is 20.1 Å². The van der Waals surface area contributed by atoms with Gasteiger partial charge in [-0.15, -0.1) is 0 Å². The van der Waals surface area contributed by atoms with E-state index < -0.39 is 5.91 Å². The second kappa shape index (κ2) is 12.1. The lowest BCUT2D eigenvalue weighted by Gasteiger charge is -2.57. The minimum atomic E-state index is -0.549. The molecule has 4 fully saturated rings. The maximum atomic E-state index is 12.7. The largest absolute Gasteiger partial charge is 0.493 e. The van der Waals surface area contributed by atoms with Gasteiger partial charge in [0.15, 0.2) is 18.1 Å². The molecule has 4 saturated carbocycles. The number of nitrogens with one attached hydrogen (secondary N) is 2. The van der Waals surface area contributed by atoms with E-state index in [1.807, 2.05) is 18.2 Å². The smallest absolute Gasteiger partial charge is 0.266 e. The van der Waals surface area contributed by atoms with Crippen LogP contribution in [0.1, 0.15) is 49.7 Å². The number of nitrogens with zero attached hydrogens (tertiary/aromatic N) is 1. The van der Waals surface area contributed by atoms with Crippen molar-refractivity contribution in [2.45, 2.75) is 43.9 Å². The summed E-state index contributed by atoms with van der Waals surface area (Å²) in [6.07, 6.45) is 9.63. The SMILES string of the molecule is COc1cc(/C=C(/C#N)C(=O)Nc2ccc(Cl)cc2)ccc1OCC(=O)Nc1ccc(C23CC4CC(CC(C4)C2)C3)cc1. The highest BCUT2D eigenvalue weighted by Gasteiger charge is 2.51. The summed E-state index contributed by atoms with van der Waals surface area (Å²) in [5, 5.41) is 15.7. The molecule has 0 aliphatic heterocycles. The predicted octanol–water partition coefficient (Wildman–Crippen LogP) is 7.38. The Morgan fingerprint density at radius 2 is 1.51 bits per heavy atom. The van der Waals surface area contributed by atoms with Gasteiger partial charge in [-0.1, -0.05) is 29.8 Å². The fourth-order valence-electron chi connectivity index (χ4n) is 7.65. The summed E-state index contributed by atoms with van der Waals surface area (Å²) in [5.74, 6) is 2.58. The summed E-state index contributed by atoms with van der Waals surface area (Å²) < 4.78 is 11.2. The van der Waals surface area contributed by atoms with Crippen LogP contribution >= 0.6 is 11.6 Å². The van der Waals surface area contributed by atoms with Crippen LogP contribution in [0.25, 0.3) is 6.08 Å². The van der Waals surface area contributed by atoms with Crippen LogP contribution in [0.15, 0.2) is 72.3 Å². The first-order chi connectivity index (χ1) is 20.8. The minimum absolute atomic E-state index is 0.0840. The van der Waals surface area contributed by atoms with E-state index in [9.17, 15) is 14.9 Å². The average Bonchev–Trinajstić information content (AvgIpc) is 2.99. The van der Waals surface area contributed by atoms with Crippen molar-refractivity contribution in [2.24, 2.45) is 17.8 Å². The Kier molecular flexibility index (Phi) is 8.14. The summed E-state index contributed by atoms with van der Waals surface area (Å²) in [4.78, 5) is 25.3. The van der Waals surface area contributed by atoms with Gasteiger partial charge in [-0.05, 0) is 127 Å². The van der Waals surface area contributed by atoms with E-state index in [-0.39, 0.29) is 18.1 Å². The van der Waals surface area contributed by atoms with Gasteiger partial charge in [0, 0.05) is 16.4 Å². The second-order valence-electron chi connectivity index (χ2n) is 12.2. The number of carbonyl (C=O) groups is 2. The van der Waals surface area contributed by atoms with Crippen molar-refractivity contribution < 1.29 is 19.1 Å². The molecule has 0 unspecified atom stereocenters. The topological polar surface area (TPSA) is 100 Å². The molecule has 43 heavy (non-hydrogen) atoms. The standard InChI is InChI=1S/C35H34ClN3O4/c1-42-32-16-22(15-26(20-37)34(41)39-30-9-5-28(36)6-10-30)2-11-31(32)43-21-33(40)38-29-7-3-27(4-8-29)35-17-23-12-24(18-35)14-25(13-23)19-35/h2-11,15-16,23-25H,12-14,17-19,21H2,1H3,(H,38,40)(H,39,41)/b26-15-. The van der Waals surface area contributed by atoms with Gasteiger partial charge >= 0.3 is 0 Å². The monoisotopic (exact) mass is 595 g/mol. The molecule has 4 aliphatic rings. The van der Waals surface area contributed by atoms with Gasteiger partial charge in [-0.25, -0.2) is 0 Å². The van der Waals surface area contributed by atoms with Crippen LogP contribution in [0.5, 0.6) is 11.5 Å². The van der Waals surface area contributed by atoms with Crippen LogP contribution in [0.3, 0.4) is 0 Å². The first-order valence-electron chi connectivity index (χ1n) is 14.7. The van der Waals surface area contributed by atoms with Crippen molar-refractivity contribution in [2.75, 3.05) is 24.4 Å². The van der Waals surface area contributed by atoms with E-state index >= 15 is 0 Å². The van der Waals surface area contributed by atoms with E-state index in [2.05, 4.69) is 22.8 Å². The number of nitriles is 1. The summed E-state index contributed by atoms with van der Waals surface area (Å²) in [6.45, 7) is -0.199. The molecule has 7 rings (SSSR count). The highest BCUT2D eigenvalue weighted by Crippen LogP contribution is 2.60. The number of halogens is 1. The number of hydrogen-bond acceptors (Lipinski definition) is 5. The zero-order valence-corrected chi connectivity index (χ0v) is 24.8. The maximum absolute atomic E-state index is 12.7. The Morgan fingerprint density at radius 3 is 2.12 bits per heavy atom. The molecule has 0 atom stereocenters. The molecule has 0 heterocycles. The molecule has 3 aromatic rings. The van der Waals surface area contributed by atoms with E-state index in [1.165, 1.54) is 57.3 Å². The van der Waals surface area contributed by atoms with Crippen molar-refractivity contribution in [1.82, 2.24) is 0 Å². The Morgan fingerprint density at radius 1 is 0.907 bits per heavy atom. The number of benzene rings is 3. The Balaban J connectivity index is 1.05. The molecule has 0 radical (unpaired) electrons. The lowest BCUT2D eigenvalue weighted by Crippen LogP contribution is -2.48. The third kappa shape index (κ3) is 6.40. The fourth-order valence-corrected chi connectivity index (χ4v) is 7.78. The van der Waals surface area contributed by atoms with Gasteiger partial charge in [0.05, 0.1) is 7.11 Å². The lowest BCUT2D eigenvalue weighted by molar-refractivity contribution is -0.118. The number of anilines is 2. The number of amides is 2. The molecule has 2 amide bonds. The molecule has 220 valence electrons. The van der Waals surface area contributed by atoms with Gasteiger partial charge in [0.25, 0.3) is 11.8 Å². The first kappa shape index (κ1) is 28.8. The number of methoxy groups -OCH3 is 1. The quantitative estimate of drug-likeness (QED) is 0.199. The molecular weight excluding hydrogens is 562 g/mol. The highest BCUT2D eigenvalue weighted by atomic mass is 35.5. The van der Waals surface area contributed by atoms with Crippen LogP contribution in [0, 0.1) is 29.1 Å². The van der Waals surface area contributed by atoms with Gasteiger partial charge in [0.2, 0.25) is 0 Å². The summed E-state index contributed by atoms with van der Waals surface area (Å²) in [6, 6.07) is 21.9. The Hall–Kier alpha value is -4.28. The molecule has 3 aromatic carbocycles. The number of ether oxygens (including phenoxy) is 2. The summed E-state index contributed by atoms with van der Waals surface area (Å²) in [7, 11) is 1.49. The number of hydrogen-bond donors (Lipinski definition) is 2. The Labute approximate surface area is 256 Å². The fraction of sp³-hybridized carbons (Fsp3) is 0.343. The third-order valence-corrected chi connectivity index (χ3v) is 9.40. The number of rotatable bonds is 9. The second-order valence-corrected chi connectivity index (χ2v) is 12.6. The molecular formula is C35H34ClN3O4. The zero-order chi connectivity index (χ0) is 30.0. The molecule has 2 N–H and O–H groups in total. The van der Waals surface area contributed by atoms with E-state index in [4.69, 9.17) is 21.1 Å². The lowest BCUT2D eigenvalue weighted by atomic mass is 9.48. The minimum Gasteiger partial charge on any atom is -0.493 e. The van der Waals surface area contributed by atoms with Crippen molar-refractivity contribution in [3.63, 3.8) is 0 Å². The van der Waals surface area contributed by atoms with E-state index in [1.54, 1.807) is 42.5 Å². The van der Waals surface area contributed by atoms with Gasteiger partial charge in [-0.3, -0.25) is 9.59 Å². The number of carbonyl (C=O) groups excluding carboxylic acids is 2. The molecule has 7 nitrogen and oxygen atoms in total. The van der Waals surface area contributed by atoms with Crippen molar-refractivity contribution in [1.29, 1.82) is 5.26 Å². The molecule has 0 saturated heterocycles. The van der Waals surface area contributed by atoms with Crippen molar-refractivity contribution >= 4 is 40.9 Å². The summed E-state index contributed by atoms with van der Waals surface area (Å²) >= 11 is 5.89. The van der Waals surface area contributed by atoms with E-state index in [0.717, 1.165) is 23.4 Å². The van der Waals surface area contributed by atoms with Crippen LogP contribution in [-0.4, -0.2) is 25.5 Å². The van der Waals surface area contributed by atoms with Crippen LogP contribution in [-0.2, 0) is 15.0 Å². The molecule has 0 spiro atoms. The van der Waals surface area contributed by atoms with Gasteiger partial charge in [-0.2, -0.15) is 5.26 Å². The molecule has 4 bridgehead atoms. The average molecular weight is 596 g/mol. The van der Waals surface area contributed by atoms with Crippen molar-refractivity contribution in [3.05, 3.63) is 88.5 Å². The molecule has 0 aromatic heterocycles. The van der Waals surface area contributed by atoms with Crippen LogP contribution in [0.2, 0.25) is 5.02 Å². The van der Waals surface area contributed by atoms with Gasteiger partial charge in [0.1, 0.15) is 11.6 Å². The summed E-state index contributed by atoms with van der Waals surface area (Å²) in [5.41, 5.74) is 3.49. The van der Waals surface area contributed by atoms with Crippen LogP contribution in [0.4, 0.5) is 11.4 Å². The maximum Gasteiger partial charge on any atom is 0.266 e. The Bertz CT molecular complexity index is 1560. The highest BCUT2D eigenvalue weighted by molar-refractivity contribution is 6.30. The van der Waals surface area contributed by atoms with Crippen molar-refractivity contribution in [3.8, 4) is 17.6 Å². The molecule has 4 aliphatic carbocycles. The van der Waals surface area contributed by atoms with E-state index in [0.29, 0.717) is 33.2 Å². The molecule has 8 heteroatoms. The first-order valence-corrected chi connectivity index (χ1v) is 15.1. The third-order valence-electron chi connectivity index (χ3n) is 9.14. The zero-order valence-electron chi connectivity index (χ0n) is 24.1. The normalized spacial score (nSPS) is 23.7. The predicted molar refractivity (Wildman–Crippen MR) is 167 cm³/mol.